The van der Waals surface area contributed by atoms with E-state index in [0.717, 1.165) is 22.3 Å². The Kier molecular flexibility index (Phi) is 6.50. The van der Waals surface area contributed by atoms with Crippen molar-refractivity contribution in [2.24, 2.45) is 0 Å². The van der Waals surface area contributed by atoms with Crippen LogP contribution in [0.5, 0.6) is 11.5 Å². The molecule has 2 N–H and O–H groups in total. The van der Waals surface area contributed by atoms with E-state index in [4.69, 9.17) is 34.8 Å². The average Bonchev–Trinajstić information content (AvgIpc) is 2.71. The first-order valence-electron chi connectivity index (χ1n) is 8.48. The van der Waals surface area contributed by atoms with Crippen molar-refractivity contribution in [1.82, 2.24) is 0 Å². The molecule has 0 aliphatic heterocycles. The third-order valence-corrected chi connectivity index (χ3v) is 5.38. The van der Waals surface area contributed by atoms with Crippen LogP contribution in [0.2, 0.25) is 0 Å². The van der Waals surface area contributed by atoms with E-state index in [1.54, 1.807) is 48.6 Å². The van der Waals surface area contributed by atoms with Gasteiger partial charge < -0.3 is 10.2 Å². The van der Waals surface area contributed by atoms with Crippen LogP contribution >= 0.6 is 34.8 Å². The number of hydrogen-bond acceptors (Lipinski definition) is 3. The summed E-state index contributed by atoms with van der Waals surface area (Å²) < 4.78 is 0. The Morgan fingerprint density at radius 3 is 1.79 bits per heavy atom. The molecule has 0 atom stereocenters. The Morgan fingerprint density at radius 2 is 1.32 bits per heavy atom. The SMILES string of the molecule is O=C1C=CC(=C(c2ccc(O)c(CCl)c2)c2ccc(O)c(CCl)c2)C=C1CCl. The average molecular weight is 436 g/mol. The summed E-state index contributed by atoms with van der Waals surface area (Å²) in [6, 6.07) is 10.3. The monoisotopic (exact) mass is 434 g/mol. The van der Waals surface area contributed by atoms with Crippen LogP contribution in [-0.2, 0) is 16.6 Å². The quantitative estimate of drug-likeness (QED) is 0.594. The maximum absolute atomic E-state index is 12.0. The molecule has 28 heavy (non-hydrogen) atoms. The van der Waals surface area contributed by atoms with Crippen LogP contribution < -0.4 is 0 Å². The van der Waals surface area contributed by atoms with Gasteiger partial charge in [-0.25, -0.2) is 0 Å². The number of phenols is 2. The first kappa shape index (κ1) is 20.5. The minimum absolute atomic E-state index is 0.102. The number of carbonyl (C=O) groups excluding carboxylic acids is 1. The number of phenolic OH excluding ortho intramolecular Hbond substituents is 2. The lowest BCUT2D eigenvalue weighted by molar-refractivity contribution is -0.111. The second kappa shape index (κ2) is 8.87. The molecular formula is C22H17Cl3O3. The molecule has 0 fully saturated rings. The second-order valence-corrected chi connectivity index (χ2v) is 7.09. The van der Waals surface area contributed by atoms with Crippen LogP contribution in [0.15, 0.2) is 65.8 Å². The minimum Gasteiger partial charge on any atom is -0.508 e. The molecule has 2 aromatic carbocycles. The fourth-order valence-electron chi connectivity index (χ4n) is 3.04. The molecule has 0 saturated heterocycles. The Bertz CT molecular complexity index is 964. The van der Waals surface area contributed by atoms with Gasteiger partial charge in [-0.05, 0) is 58.7 Å². The summed E-state index contributed by atoms with van der Waals surface area (Å²) in [6.07, 6.45) is 4.97. The lowest BCUT2D eigenvalue weighted by atomic mass is 9.88. The topological polar surface area (TPSA) is 57.5 Å². The van der Waals surface area contributed by atoms with Crippen molar-refractivity contribution >= 4 is 46.2 Å². The molecule has 0 aromatic heterocycles. The molecule has 0 amide bonds. The standard InChI is InChI=1S/C22H17Cl3O3/c23-10-16-7-13(1-4-19(16)26)22(14-2-5-20(27)17(8-14)11-24)15-3-6-21(28)18(9-15)12-25/h1-9,26-27H,10-12H2. The molecule has 1 aliphatic rings. The van der Waals surface area contributed by atoms with Crippen molar-refractivity contribution in [3.8, 4) is 11.5 Å². The Morgan fingerprint density at radius 1 is 0.786 bits per heavy atom. The zero-order chi connectivity index (χ0) is 20.3. The maximum Gasteiger partial charge on any atom is 0.183 e. The molecular weight excluding hydrogens is 419 g/mol. The van der Waals surface area contributed by atoms with Crippen molar-refractivity contribution in [2.45, 2.75) is 11.8 Å². The number of allylic oxidation sites excluding steroid dienone is 5. The fourth-order valence-corrected chi connectivity index (χ4v) is 3.67. The van der Waals surface area contributed by atoms with E-state index in [2.05, 4.69) is 0 Å². The molecule has 0 spiro atoms. The third kappa shape index (κ3) is 4.12. The summed E-state index contributed by atoms with van der Waals surface area (Å²) in [4.78, 5) is 12.0. The summed E-state index contributed by atoms with van der Waals surface area (Å²) in [6.45, 7) is 0. The van der Waals surface area contributed by atoms with E-state index in [9.17, 15) is 15.0 Å². The zero-order valence-electron chi connectivity index (χ0n) is 14.8. The predicted molar refractivity (Wildman–Crippen MR) is 114 cm³/mol. The lowest BCUT2D eigenvalue weighted by Gasteiger charge is -2.17. The van der Waals surface area contributed by atoms with E-state index in [1.165, 1.54) is 6.08 Å². The van der Waals surface area contributed by atoms with E-state index in [1.807, 2.05) is 0 Å². The maximum atomic E-state index is 12.0. The zero-order valence-corrected chi connectivity index (χ0v) is 17.0. The van der Waals surface area contributed by atoms with Crippen molar-refractivity contribution in [3.05, 3.63) is 88.0 Å². The summed E-state index contributed by atoms with van der Waals surface area (Å²) in [5, 5.41) is 20.0. The summed E-state index contributed by atoms with van der Waals surface area (Å²) in [5.74, 6) is 0.509. The van der Waals surface area contributed by atoms with Crippen LogP contribution in [-0.4, -0.2) is 21.9 Å². The predicted octanol–water partition coefficient (Wildman–Crippen LogP) is 5.68. The van der Waals surface area contributed by atoms with Gasteiger partial charge in [-0.2, -0.15) is 0 Å². The van der Waals surface area contributed by atoms with Gasteiger partial charge in [0.2, 0.25) is 0 Å². The van der Waals surface area contributed by atoms with Gasteiger partial charge >= 0.3 is 0 Å². The Labute approximate surface area is 178 Å². The molecule has 0 radical (unpaired) electrons. The van der Waals surface area contributed by atoms with Crippen molar-refractivity contribution in [3.63, 3.8) is 0 Å². The van der Waals surface area contributed by atoms with Crippen LogP contribution in [0.25, 0.3) is 5.57 Å². The highest BCUT2D eigenvalue weighted by atomic mass is 35.5. The highest BCUT2D eigenvalue weighted by Gasteiger charge is 2.17. The molecule has 0 bridgehead atoms. The normalized spacial score (nSPS) is 13.6. The highest BCUT2D eigenvalue weighted by Crippen LogP contribution is 2.35. The second-order valence-electron chi connectivity index (χ2n) is 6.29. The molecule has 0 unspecified atom stereocenters. The summed E-state index contributed by atoms with van der Waals surface area (Å²) in [5.41, 5.74) is 4.87. The lowest BCUT2D eigenvalue weighted by Crippen LogP contribution is -2.06. The van der Waals surface area contributed by atoms with Crippen molar-refractivity contribution in [2.75, 3.05) is 5.88 Å². The largest absolute Gasteiger partial charge is 0.508 e. The number of rotatable bonds is 5. The molecule has 1 aliphatic carbocycles. The fraction of sp³-hybridized carbons (Fsp3) is 0.136. The van der Waals surface area contributed by atoms with Crippen LogP contribution in [0.4, 0.5) is 0 Å². The van der Waals surface area contributed by atoms with E-state index in [-0.39, 0.29) is 34.9 Å². The number of alkyl halides is 3. The molecule has 144 valence electrons. The molecule has 3 nitrogen and oxygen atoms in total. The number of carbonyl (C=O) groups is 1. The minimum atomic E-state index is -0.127. The number of halogens is 3. The first-order chi connectivity index (χ1) is 13.5. The van der Waals surface area contributed by atoms with Crippen molar-refractivity contribution in [1.29, 1.82) is 0 Å². The van der Waals surface area contributed by atoms with Crippen molar-refractivity contribution < 1.29 is 15.0 Å². The van der Waals surface area contributed by atoms with Gasteiger partial charge in [0.15, 0.2) is 5.78 Å². The molecule has 0 saturated carbocycles. The van der Waals surface area contributed by atoms with Gasteiger partial charge in [0, 0.05) is 16.7 Å². The van der Waals surface area contributed by atoms with Crippen LogP contribution in [0.1, 0.15) is 22.3 Å². The number of benzene rings is 2. The first-order valence-corrected chi connectivity index (χ1v) is 10.1. The van der Waals surface area contributed by atoms with E-state index in [0.29, 0.717) is 16.7 Å². The van der Waals surface area contributed by atoms with Crippen LogP contribution in [0, 0.1) is 0 Å². The molecule has 2 aromatic rings. The molecule has 0 heterocycles. The number of aromatic hydroxyl groups is 2. The Hall–Kier alpha value is -2.20. The number of ketones is 1. The highest BCUT2D eigenvalue weighted by molar-refractivity contribution is 6.24. The summed E-state index contributed by atoms with van der Waals surface area (Å²) in [7, 11) is 0. The number of hydrogen-bond donors (Lipinski definition) is 2. The smallest absolute Gasteiger partial charge is 0.183 e. The van der Waals surface area contributed by atoms with E-state index < -0.39 is 0 Å². The van der Waals surface area contributed by atoms with Crippen LogP contribution in [0.3, 0.4) is 0 Å². The van der Waals surface area contributed by atoms with Gasteiger partial charge in [0.05, 0.1) is 17.6 Å². The molecule has 3 rings (SSSR count). The van der Waals surface area contributed by atoms with Gasteiger partial charge in [-0.1, -0.05) is 18.2 Å². The van der Waals surface area contributed by atoms with Gasteiger partial charge in [0.25, 0.3) is 0 Å². The Balaban J connectivity index is 2.29. The van der Waals surface area contributed by atoms with Gasteiger partial charge in [-0.15, -0.1) is 34.8 Å². The van der Waals surface area contributed by atoms with Gasteiger partial charge in [-0.3, -0.25) is 4.79 Å². The van der Waals surface area contributed by atoms with Gasteiger partial charge in [0.1, 0.15) is 11.5 Å². The summed E-state index contributed by atoms with van der Waals surface area (Å²) >= 11 is 17.8. The van der Waals surface area contributed by atoms with E-state index >= 15 is 0 Å². The molecule has 6 heteroatoms. The third-order valence-electron chi connectivity index (χ3n) is 4.52.